The number of hydrogen-bond acceptors (Lipinski definition) is 0. The van der Waals surface area contributed by atoms with Crippen LogP contribution in [0.15, 0.2) is 182 Å². The average molecular weight is 691 g/mol. The van der Waals surface area contributed by atoms with E-state index in [0.29, 0.717) is 0 Å². The summed E-state index contributed by atoms with van der Waals surface area (Å²) >= 11 is 0. The Morgan fingerprint density at radius 3 is 1.04 bits per heavy atom. The van der Waals surface area contributed by atoms with Crippen molar-refractivity contribution >= 4 is 55.8 Å². The Morgan fingerprint density at radius 1 is 0.315 bits per heavy atom. The smallest absolute Gasteiger partial charge is 0.0541 e. The Bertz CT molecular complexity index is 2900. The van der Waals surface area contributed by atoms with Gasteiger partial charge in [-0.3, -0.25) is 0 Å². The molecule has 0 radical (unpaired) electrons. The highest BCUT2D eigenvalue weighted by Gasteiger charge is 2.14. The molecule has 0 saturated carbocycles. The fourth-order valence-electron chi connectivity index (χ4n) is 8.10. The van der Waals surface area contributed by atoms with E-state index in [1.807, 2.05) is 0 Å². The van der Waals surface area contributed by atoms with Crippen LogP contribution in [0.2, 0.25) is 0 Å². The lowest BCUT2D eigenvalue weighted by Crippen LogP contribution is -1.93. The van der Waals surface area contributed by atoms with Crippen LogP contribution in [0, 0.1) is 13.8 Å². The third-order valence-corrected chi connectivity index (χ3v) is 10.9. The summed E-state index contributed by atoms with van der Waals surface area (Å²) in [6.07, 6.45) is 4.38. The summed E-state index contributed by atoms with van der Waals surface area (Å²) < 4.78 is 4.75. The van der Waals surface area contributed by atoms with Crippen LogP contribution in [0.25, 0.3) is 89.4 Å². The molecule has 2 heteroatoms. The summed E-state index contributed by atoms with van der Waals surface area (Å²) in [5.41, 5.74) is 17.0. The number of benzene rings is 8. The Kier molecular flexibility index (Phi) is 7.63. The number of rotatable bonds is 6. The minimum absolute atomic E-state index is 1.17. The number of fused-ring (bicyclic) bond motifs is 6. The lowest BCUT2D eigenvalue weighted by Gasteiger charge is -2.10. The predicted molar refractivity (Wildman–Crippen MR) is 231 cm³/mol. The third kappa shape index (κ3) is 5.52. The second-order valence-electron chi connectivity index (χ2n) is 14.4. The number of hydrogen-bond donors (Lipinski definition) is 0. The first-order valence-corrected chi connectivity index (χ1v) is 18.7. The van der Waals surface area contributed by atoms with Gasteiger partial charge in [-0.1, -0.05) is 145 Å². The highest BCUT2D eigenvalue weighted by Crippen LogP contribution is 2.35. The van der Waals surface area contributed by atoms with Gasteiger partial charge in [-0.05, 0) is 108 Å². The van der Waals surface area contributed by atoms with Crippen molar-refractivity contribution in [3.8, 4) is 33.6 Å². The lowest BCUT2D eigenvalue weighted by molar-refractivity contribution is 1.18. The standard InChI is InChI=1S/C52H38N2/c1-35-11-31-51-47(33-35)48-34-36(2)12-32-52(48)54(51)44-29-25-42(26-30-44)40-21-17-38(18-22-40)14-13-37-15-19-39(20-16-37)41-23-27-43(28-24-41)53-49-9-5-3-7-45(49)46-8-4-6-10-50(46)53/h3-34H,1-2H3/b14-13+. The van der Waals surface area contributed by atoms with Gasteiger partial charge in [-0.15, -0.1) is 0 Å². The first-order chi connectivity index (χ1) is 26.6. The number of para-hydroxylation sites is 2. The molecule has 0 amide bonds. The molecular weight excluding hydrogens is 653 g/mol. The Labute approximate surface area is 315 Å². The maximum Gasteiger partial charge on any atom is 0.0541 e. The van der Waals surface area contributed by atoms with Crippen LogP contribution in [0.4, 0.5) is 0 Å². The van der Waals surface area contributed by atoms with Gasteiger partial charge >= 0.3 is 0 Å². The number of nitrogens with zero attached hydrogens (tertiary/aromatic N) is 2. The van der Waals surface area contributed by atoms with Crippen molar-refractivity contribution in [3.05, 3.63) is 204 Å². The van der Waals surface area contributed by atoms with Crippen molar-refractivity contribution in [1.82, 2.24) is 9.13 Å². The molecule has 0 aliphatic rings. The van der Waals surface area contributed by atoms with E-state index in [4.69, 9.17) is 0 Å². The van der Waals surface area contributed by atoms with Crippen molar-refractivity contribution in [3.63, 3.8) is 0 Å². The average Bonchev–Trinajstić information content (AvgIpc) is 3.73. The van der Waals surface area contributed by atoms with Gasteiger partial charge in [0.05, 0.1) is 22.1 Å². The zero-order valence-corrected chi connectivity index (χ0v) is 30.4. The molecule has 256 valence electrons. The molecule has 2 heterocycles. The maximum absolute atomic E-state index is 2.39. The molecule has 10 rings (SSSR count). The van der Waals surface area contributed by atoms with Crippen molar-refractivity contribution in [2.24, 2.45) is 0 Å². The van der Waals surface area contributed by atoms with Crippen molar-refractivity contribution < 1.29 is 0 Å². The summed E-state index contributed by atoms with van der Waals surface area (Å²) in [4.78, 5) is 0. The fourth-order valence-corrected chi connectivity index (χ4v) is 8.10. The van der Waals surface area contributed by atoms with E-state index >= 15 is 0 Å². The maximum atomic E-state index is 2.39. The molecule has 0 aliphatic carbocycles. The molecule has 10 aromatic rings. The van der Waals surface area contributed by atoms with Crippen LogP contribution < -0.4 is 0 Å². The van der Waals surface area contributed by atoms with Gasteiger partial charge in [-0.25, -0.2) is 0 Å². The molecule has 0 atom stereocenters. The van der Waals surface area contributed by atoms with E-state index in [-0.39, 0.29) is 0 Å². The van der Waals surface area contributed by atoms with Gasteiger partial charge in [0, 0.05) is 32.9 Å². The van der Waals surface area contributed by atoms with Crippen molar-refractivity contribution in [2.75, 3.05) is 0 Å². The van der Waals surface area contributed by atoms with E-state index in [9.17, 15) is 0 Å². The quantitative estimate of drug-likeness (QED) is 0.154. The molecule has 0 spiro atoms. The van der Waals surface area contributed by atoms with Gasteiger partial charge in [-0.2, -0.15) is 0 Å². The molecule has 8 aromatic carbocycles. The normalized spacial score (nSPS) is 11.8. The Hall–Kier alpha value is -6.90. The van der Waals surface area contributed by atoms with Crippen molar-refractivity contribution in [1.29, 1.82) is 0 Å². The topological polar surface area (TPSA) is 9.86 Å². The molecular formula is C52H38N2. The van der Waals surface area contributed by atoms with Gasteiger partial charge in [0.15, 0.2) is 0 Å². The van der Waals surface area contributed by atoms with Gasteiger partial charge in [0.1, 0.15) is 0 Å². The van der Waals surface area contributed by atoms with E-state index in [0.717, 1.165) is 0 Å². The zero-order valence-electron chi connectivity index (χ0n) is 30.4. The molecule has 0 N–H and O–H groups in total. The predicted octanol–water partition coefficient (Wildman–Crippen LogP) is 14.0. The largest absolute Gasteiger partial charge is 0.309 e. The van der Waals surface area contributed by atoms with Crippen LogP contribution in [0.1, 0.15) is 22.3 Å². The first-order valence-electron chi connectivity index (χ1n) is 18.7. The molecule has 0 aliphatic heterocycles. The Morgan fingerprint density at radius 2 is 0.648 bits per heavy atom. The van der Waals surface area contributed by atoms with E-state index in [1.165, 1.54) is 99.5 Å². The second-order valence-corrected chi connectivity index (χ2v) is 14.4. The molecule has 54 heavy (non-hydrogen) atoms. The lowest BCUT2D eigenvalue weighted by atomic mass is 10.0. The first kappa shape index (κ1) is 31.8. The van der Waals surface area contributed by atoms with Gasteiger partial charge in [0.2, 0.25) is 0 Å². The van der Waals surface area contributed by atoms with Crippen LogP contribution >= 0.6 is 0 Å². The monoisotopic (exact) mass is 690 g/mol. The van der Waals surface area contributed by atoms with Crippen LogP contribution in [-0.2, 0) is 0 Å². The highest BCUT2D eigenvalue weighted by molar-refractivity contribution is 6.10. The summed E-state index contributed by atoms with van der Waals surface area (Å²) in [5, 5.41) is 5.17. The zero-order chi connectivity index (χ0) is 36.2. The van der Waals surface area contributed by atoms with Crippen LogP contribution in [0.3, 0.4) is 0 Å². The van der Waals surface area contributed by atoms with E-state index in [1.54, 1.807) is 0 Å². The molecule has 2 nitrogen and oxygen atoms in total. The van der Waals surface area contributed by atoms with Crippen LogP contribution in [0.5, 0.6) is 0 Å². The van der Waals surface area contributed by atoms with Gasteiger partial charge in [0.25, 0.3) is 0 Å². The summed E-state index contributed by atoms with van der Waals surface area (Å²) in [6, 6.07) is 66.3. The molecule has 0 unspecified atom stereocenters. The highest BCUT2D eigenvalue weighted by atomic mass is 15.0. The minimum atomic E-state index is 1.17. The summed E-state index contributed by atoms with van der Waals surface area (Å²) in [7, 11) is 0. The molecule has 2 aromatic heterocycles. The SMILES string of the molecule is Cc1ccc2c(c1)c1cc(C)ccc1n2-c1ccc(-c2ccc(/C=C/c3ccc(-c4ccc(-n5c6ccccc6c6ccccc65)cc4)cc3)cc2)cc1. The molecule has 0 bridgehead atoms. The Balaban J connectivity index is 0.846. The van der Waals surface area contributed by atoms with E-state index < -0.39 is 0 Å². The van der Waals surface area contributed by atoms with Crippen molar-refractivity contribution in [2.45, 2.75) is 13.8 Å². The molecule has 0 saturated heterocycles. The number of aryl methyl sites for hydroxylation is 2. The summed E-state index contributed by atoms with van der Waals surface area (Å²) in [6.45, 7) is 4.33. The summed E-state index contributed by atoms with van der Waals surface area (Å²) in [5.74, 6) is 0. The minimum Gasteiger partial charge on any atom is -0.309 e. The second kappa shape index (κ2) is 12.9. The fraction of sp³-hybridized carbons (Fsp3) is 0.0385. The van der Waals surface area contributed by atoms with Gasteiger partial charge < -0.3 is 9.13 Å². The number of aromatic nitrogens is 2. The van der Waals surface area contributed by atoms with E-state index in [2.05, 4.69) is 217 Å². The third-order valence-electron chi connectivity index (χ3n) is 10.9. The molecule has 0 fully saturated rings. The van der Waals surface area contributed by atoms with Crippen LogP contribution in [-0.4, -0.2) is 9.13 Å².